The summed E-state index contributed by atoms with van der Waals surface area (Å²) >= 11 is 5.28. The highest BCUT2D eigenvalue weighted by Gasteiger charge is 2.13. The largest absolute Gasteiger partial charge is 0.496 e. The summed E-state index contributed by atoms with van der Waals surface area (Å²) in [5, 5.41) is 15.0. The Labute approximate surface area is 186 Å². The van der Waals surface area contributed by atoms with Gasteiger partial charge in [0.15, 0.2) is 5.11 Å². The number of thiocarbonyl (C=S) groups is 1. The third-order valence-electron chi connectivity index (χ3n) is 4.36. The molecular weight excluding hydrogens is 416 g/mol. The summed E-state index contributed by atoms with van der Waals surface area (Å²) in [5.74, 6) is 1.98. The molecule has 0 aliphatic rings. The molecule has 162 valence electrons. The number of hydrogen-bond donors (Lipinski definition) is 3. The number of benzene rings is 2. The summed E-state index contributed by atoms with van der Waals surface area (Å²) in [6.45, 7) is 2.47. The highest BCUT2D eigenvalue weighted by molar-refractivity contribution is 7.80. The van der Waals surface area contributed by atoms with Crippen molar-refractivity contribution < 1.29 is 23.8 Å². The Morgan fingerprint density at radius 2 is 1.90 bits per heavy atom. The van der Waals surface area contributed by atoms with Crippen LogP contribution in [0.5, 0.6) is 11.5 Å². The molecule has 1 heterocycles. The molecular formula is C23H24N2O5S. The van der Waals surface area contributed by atoms with Crippen LogP contribution in [0.2, 0.25) is 0 Å². The molecule has 0 saturated heterocycles. The minimum Gasteiger partial charge on any atom is -0.496 e. The Kier molecular flexibility index (Phi) is 7.64. The van der Waals surface area contributed by atoms with E-state index in [-0.39, 0.29) is 17.6 Å². The fourth-order valence-electron chi connectivity index (χ4n) is 2.85. The number of ether oxygens (including phenoxy) is 2. The van der Waals surface area contributed by atoms with Crippen molar-refractivity contribution in [2.24, 2.45) is 0 Å². The van der Waals surface area contributed by atoms with Crippen LogP contribution in [0.1, 0.15) is 29.5 Å². The normalized spacial score (nSPS) is 10.4. The first-order chi connectivity index (χ1) is 15.0. The molecule has 2 aromatic carbocycles. The number of rotatable bonds is 8. The van der Waals surface area contributed by atoms with Crippen molar-refractivity contribution in [3.05, 3.63) is 65.9 Å². The van der Waals surface area contributed by atoms with Crippen molar-refractivity contribution in [1.82, 2.24) is 5.32 Å². The molecule has 0 aliphatic carbocycles. The lowest BCUT2D eigenvalue weighted by atomic mass is 10.1. The van der Waals surface area contributed by atoms with Gasteiger partial charge in [-0.2, -0.15) is 0 Å². The lowest BCUT2D eigenvalue weighted by Crippen LogP contribution is -2.34. The summed E-state index contributed by atoms with van der Waals surface area (Å²) in [4.78, 5) is 12.5. The molecule has 0 unspecified atom stereocenters. The first-order valence-corrected chi connectivity index (χ1v) is 10.2. The maximum Gasteiger partial charge on any atom is 0.257 e. The standard InChI is InChI=1S/C23H24N2O5S/c1-3-12-29-17-7-4-15(5-8-17)22(27)25-23(31)24-16-6-10-20(28-2)19(13-16)21-11-9-18(14-26)30-21/h4-11,13,26H,3,12,14H2,1-2H3,(H2,24,25,27,31). The van der Waals surface area contributed by atoms with Gasteiger partial charge in [0.05, 0.1) is 19.3 Å². The van der Waals surface area contributed by atoms with E-state index in [4.69, 9.17) is 26.1 Å². The smallest absolute Gasteiger partial charge is 0.257 e. The average Bonchev–Trinajstić information content (AvgIpc) is 3.27. The minimum atomic E-state index is -0.327. The second-order valence-electron chi connectivity index (χ2n) is 6.62. The third-order valence-corrected chi connectivity index (χ3v) is 4.56. The van der Waals surface area contributed by atoms with Crippen LogP contribution >= 0.6 is 12.2 Å². The predicted molar refractivity (Wildman–Crippen MR) is 123 cm³/mol. The van der Waals surface area contributed by atoms with Gasteiger partial charge < -0.3 is 24.3 Å². The molecule has 7 nitrogen and oxygen atoms in total. The summed E-state index contributed by atoms with van der Waals surface area (Å²) in [7, 11) is 1.56. The van der Waals surface area contributed by atoms with Gasteiger partial charge >= 0.3 is 0 Å². The van der Waals surface area contributed by atoms with Crippen LogP contribution in [0.15, 0.2) is 59.0 Å². The quantitative estimate of drug-likeness (QED) is 0.448. The van der Waals surface area contributed by atoms with Gasteiger partial charge in [-0.15, -0.1) is 0 Å². The van der Waals surface area contributed by atoms with E-state index in [9.17, 15) is 9.90 Å². The van der Waals surface area contributed by atoms with Gasteiger partial charge in [-0.05, 0) is 73.2 Å². The van der Waals surface area contributed by atoms with Gasteiger partial charge in [0.25, 0.3) is 5.91 Å². The molecule has 0 aliphatic heterocycles. The molecule has 8 heteroatoms. The van der Waals surface area contributed by atoms with Crippen LogP contribution in [0.4, 0.5) is 5.69 Å². The van der Waals surface area contributed by atoms with Crippen LogP contribution in [0.3, 0.4) is 0 Å². The van der Waals surface area contributed by atoms with E-state index < -0.39 is 0 Å². The molecule has 0 saturated carbocycles. The number of methoxy groups -OCH3 is 1. The van der Waals surface area contributed by atoms with Crippen molar-refractivity contribution >= 4 is 28.9 Å². The van der Waals surface area contributed by atoms with Gasteiger partial charge in [-0.1, -0.05) is 6.92 Å². The molecule has 31 heavy (non-hydrogen) atoms. The Bertz CT molecular complexity index is 1050. The zero-order valence-electron chi connectivity index (χ0n) is 17.3. The molecule has 3 aromatic rings. The number of carbonyl (C=O) groups excluding carboxylic acids is 1. The maximum absolute atomic E-state index is 12.5. The average molecular weight is 441 g/mol. The fraction of sp³-hybridized carbons (Fsp3) is 0.217. The topological polar surface area (TPSA) is 93.0 Å². The van der Waals surface area contributed by atoms with Crippen LogP contribution in [-0.4, -0.2) is 29.8 Å². The lowest BCUT2D eigenvalue weighted by molar-refractivity contribution is 0.0977. The van der Waals surface area contributed by atoms with E-state index >= 15 is 0 Å². The Balaban J connectivity index is 1.67. The SMILES string of the molecule is CCCOc1ccc(C(=O)NC(=S)Nc2ccc(OC)c(-c3ccc(CO)o3)c2)cc1. The number of carbonyl (C=O) groups is 1. The molecule has 0 atom stereocenters. The fourth-order valence-corrected chi connectivity index (χ4v) is 3.06. The van der Waals surface area contributed by atoms with Gasteiger partial charge in [-0.3, -0.25) is 10.1 Å². The molecule has 0 radical (unpaired) electrons. The van der Waals surface area contributed by atoms with E-state index in [2.05, 4.69) is 10.6 Å². The van der Waals surface area contributed by atoms with Gasteiger partial charge in [0, 0.05) is 11.3 Å². The summed E-state index contributed by atoms with van der Waals surface area (Å²) in [6, 6.07) is 15.6. The Morgan fingerprint density at radius 3 is 2.55 bits per heavy atom. The van der Waals surface area contributed by atoms with E-state index in [1.54, 1.807) is 61.7 Å². The number of hydrogen-bond acceptors (Lipinski definition) is 6. The number of anilines is 1. The van der Waals surface area contributed by atoms with Crippen LogP contribution in [0, 0.1) is 0 Å². The predicted octanol–water partition coefficient (Wildman–Crippen LogP) is 4.36. The summed E-state index contributed by atoms with van der Waals surface area (Å²) in [6.07, 6.45) is 0.914. The van der Waals surface area contributed by atoms with Crippen LogP contribution in [-0.2, 0) is 6.61 Å². The second kappa shape index (κ2) is 10.6. The Hall–Kier alpha value is -3.36. The number of aliphatic hydroxyl groups is 1. The van der Waals surface area contributed by atoms with Crippen molar-refractivity contribution in [1.29, 1.82) is 0 Å². The van der Waals surface area contributed by atoms with E-state index in [1.165, 1.54) is 0 Å². The monoisotopic (exact) mass is 440 g/mol. The van der Waals surface area contributed by atoms with Crippen LogP contribution < -0.4 is 20.1 Å². The van der Waals surface area contributed by atoms with Crippen molar-refractivity contribution in [2.75, 3.05) is 19.0 Å². The maximum atomic E-state index is 12.5. The van der Waals surface area contributed by atoms with Crippen molar-refractivity contribution in [3.8, 4) is 22.8 Å². The van der Waals surface area contributed by atoms with Gasteiger partial charge in [0.1, 0.15) is 29.6 Å². The van der Waals surface area contributed by atoms with Crippen molar-refractivity contribution in [3.63, 3.8) is 0 Å². The summed E-state index contributed by atoms with van der Waals surface area (Å²) in [5.41, 5.74) is 1.80. The summed E-state index contributed by atoms with van der Waals surface area (Å²) < 4.78 is 16.5. The van der Waals surface area contributed by atoms with E-state index in [0.717, 1.165) is 6.42 Å². The zero-order chi connectivity index (χ0) is 22.2. The van der Waals surface area contributed by atoms with Crippen LogP contribution in [0.25, 0.3) is 11.3 Å². The highest BCUT2D eigenvalue weighted by Crippen LogP contribution is 2.33. The third kappa shape index (κ3) is 5.84. The second-order valence-corrected chi connectivity index (χ2v) is 7.03. The number of aliphatic hydroxyl groups excluding tert-OH is 1. The highest BCUT2D eigenvalue weighted by atomic mass is 32.1. The van der Waals surface area contributed by atoms with Gasteiger partial charge in [0.2, 0.25) is 0 Å². The zero-order valence-corrected chi connectivity index (χ0v) is 18.1. The molecule has 0 fully saturated rings. The van der Waals surface area contributed by atoms with E-state index in [0.29, 0.717) is 46.4 Å². The number of nitrogens with one attached hydrogen (secondary N) is 2. The van der Waals surface area contributed by atoms with Crippen molar-refractivity contribution in [2.45, 2.75) is 20.0 Å². The molecule has 1 amide bonds. The first-order valence-electron chi connectivity index (χ1n) is 9.77. The molecule has 3 rings (SSSR count). The van der Waals surface area contributed by atoms with Gasteiger partial charge in [-0.25, -0.2) is 0 Å². The molecule has 0 bridgehead atoms. The first kappa shape index (κ1) is 22.3. The molecule has 1 aromatic heterocycles. The molecule has 0 spiro atoms. The Morgan fingerprint density at radius 1 is 1.13 bits per heavy atom. The molecule has 3 N–H and O–H groups in total. The number of amides is 1. The van der Waals surface area contributed by atoms with E-state index in [1.807, 2.05) is 6.92 Å². The lowest BCUT2D eigenvalue weighted by Gasteiger charge is -2.13. The number of furan rings is 1. The minimum absolute atomic E-state index is 0.155.